The number of amides is 1. The predicted octanol–water partition coefficient (Wildman–Crippen LogP) is 3.33. The molecule has 2 aromatic carbocycles. The Morgan fingerprint density at radius 2 is 2.04 bits per heavy atom. The van der Waals surface area contributed by atoms with Crippen LogP contribution in [-0.4, -0.2) is 24.1 Å². The molecule has 0 saturated carbocycles. The monoisotopic (exact) mass is 346 g/mol. The quantitative estimate of drug-likeness (QED) is 0.713. The molecule has 1 N–H and O–H groups in total. The van der Waals surface area contributed by atoms with Crippen LogP contribution in [0.3, 0.4) is 0 Å². The van der Waals surface area contributed by atoms with Crippen LogP contribution in [-0.2, 0) is 17.8 Å². The molecule has 1 heterocycles. The zero-order valence-corrected chi connectivity index (χ0v) is 13.2. The van der Waals surface area contributed by atoms with Gasteiger partial charge in [0.15, 0.2) is 5.58 Å². The molecule has 3 rings (SSSR count). The van der Waals surface area contributed by atoms with E-state index in [1.165, 1.54) is 0 Å². The van der Waals surface area contributed by atoms with Crippen LogP contribution in [0.2, 0.25) is 0 Å². The van der Waals surface area contributed by atoms with Crippen LogP contribution < -0.4 is 10.1 Å². The van der Waals surface area contributed by atoms with Gasteiger partial charge in [0.2, 0.25) is 5.91 Å². The number of fused-ring (bicyclic) bond motifs is 1. The molecule has 0 unspecified atom stereocenters. The summed E-state index contributed by atoms with van der Waals surface area (Å²) in [5, 5.41) is 7.49. The molecule has 0 atom stereocenters. The van der Waals surface area contributed by atoms with Crippen molar-refractivity contribution in [1.29, 1.82) is 0 Å². The first-order valence-electron chi connectivity index (χ1n) is 7.71. The Morgan fingerprint density at radius 1 is 1.20 bits per heavy atom. The highest BCUT2D eigenvalue weighted by atomic mass is 19.3. The summed E-state index contributed by atoms with van der Waals surface area (Å²) in [5.41, 5.74) is 1.96. The Morgan fingerprint density at radius 3 is 2.88 bits per heavy atom. The smallest absolute Gasteiger partial charge is 0.272 e. The average molecular weight is 346 g/mol. The Balaban J connectivity index is 1.56. The molecule has 1 aromatic heterocycles. The van der Waals surface area contributed by atoms with Gasteiger partial charge in [-0.05, 0) is 29.8 Å². The highest BCUT2D eigenvalue weighted by Crippen LogP contribution is 2.18. The third-order valence-corrected chi connectivity index (χ3v) is 3.54. The normalized spacial score (nSPS) is 11.0. The maximum atomic E-state index is 12.2. The number of carbonyl (C=O) groups is 1. The van der Waals surface area contributed by atoms with Crippen LogP contribution in [0, 0.1) is 0 Å². The van der Waals surface area contributed by atoms with E-state index in [0.717, 1.165) is 10.9 Å². The maximum absolute atomic E-state index is 12.2. The van der Waals surface area contributed by atoms with E-state index in [-0.39, 0.29) is 18.9 Å². The number of alkyl halides is 2. The number of halogens is 2. The van der Waals surface area contributed by atoms with E-state index in [1.807, 2.05) is 18.2 Å². The molecular formula is C18H16F2N2O3. The molecule has 0 spiro atoms. The van der Waals surface area contributed by atoms with Gasteiger partial charge in [-0.2, -0.15) is 0 Å². The lowest BCUT2D eigenvalue weighted by Crippen LogP contribution is -2.24. The van der Waals surface area contributed by atoms with Gasteiger partial charge in [-0.1, -0.05) is 29.4 Å². The summed E-state index contributed by atoms with van der Waals surface area (Å²) >= 11 is 0. The number of hydrogen-bond donors (Lipinski definition) is 1. The third kappa shape index (κ3) is 4.53. The zero-order chi connectivity index (χ0) is 17.6. The molecule has 0 aliphatic rings. The van der Waals surface area contributed by atoms with E-state index >= 15 is 0 Å². The molecule has 130 valence electrons. The summed E-state index contributed by atoms with van der Waals surface area (Å²) < 4.78 is 34.5. The van der Waals surface area contributed by atoms with Crippen molar-refractivity contribution >= 4 is 16.9 Å². The van der Waals surface area contributed by atoms with Gasteiger partial charge < -0.3 is 14.6 Å². The van der Waals surface area contributed by atoms with Gasteiger partial charge in [0.05, 0.1) is 6.42 Å². The van der Waals surface area contributed by atoms with Gasteiger partial charge >= 0.3 is 0 Å². The molecule has 0 bridgehead atoms. The van der Waals surface area contributed by atoms with Gasteiger partial charge in [0, 0.05) is 11.9 Å². The molecule has 0 fully saturated rings. The summed E-state index contributed by atoms with van der Waals surface area (Å²) in [6.45, 7) is -0.393. The van der Waals surface area contributed by atoms with Crippen LogP contribution in [0.5, 0.6) is 5.75 Å². The van der Waals surface area contributed by atoms with Crippen LogP contribution in [0.25, 0.3) is 11.0 Å². The van der Waals surface area contributed by atoms with Gasteiger partial charge in [0.25, 0.3) is 6.43 Å². The van der Waals surface area contributed by atoms with E-state index < -0.39 is 13.0 Å². The SMILES string of the molecule is O=C(Cc1noc2ccccc12)NCc1cccc(OCC(F)F)c1. The topological polar surface area (TPSA) is 64.4 Å². The van der Waals surface area contributed by atoms with Crippen LogP contribution in [0.15, 0.2) is 53.1 Å². The lowest BCUT2D eigenvalue weighted by atomic mass is 10.1. The number of nitrogens with zero attached hydrogens (tertiary/aromatic N) is 1. The van der Waals surface area contributed by atoms with Crippen molar-refractivity contribution in [3.63, 3.8) is 0 Å². The number of hydrogen-bond acceptors (Lipinski definition) is 4. The summed E-state index contributed by atoms with van der Waals surface area (Å²) in [7, 11) is 0. The summed E-state index contributed by atoms with van der Waals surface area (Å²) in [4.78, 5) is 12.1. The molecule has 5 nitrogen and oxygen atoms in total. The number of benzene rings is 2. The molecule has 7 heteroatoms. The second kappa shape index (κ2) is 7.74. The fourth-order valence-corrected chi connectivity index (χ4v) is 2.39. The lowest BCUT2D eigenvalue weighted by Gasteiger charge is -2.08. The first-order chi connectivity index (χ1) is 12.1. The fraction of sp³-hybridized carbons (Fsp3) is 0.222. The standard InChI is InChI=1S/C18H16F2N2O3/c19-17(20)11-24-13-5-3-4-12(8-13)10-21-18(23)9-15-14-6-1-2-7-16(14)25-22-15/h1-8,17H,9-11H2,(H,21,23). The van der Waals surface area contributed by atoms with Crippen LogP contribution in [0.1, 0.15) is 11.3 Å². The summed E-state index contributed by atoms with van der Waals surface area (Å²) in [5.74, 6) is 0.132. The Hall–Kier alpha value is -2.96. The minimum atomic E-state index is -2.53. The average Bonchev–Trinajstić information content (AvgIpc) is 3.02. The molecular weight excluding hydrogens is 330 g/mol. The number of nitrogens with one attached hydrogen (secondary N) is 1. The van der Waals surface area contributed by atoms with Crippen molar-refractivity contribution in [3.05, 3.63) is 59.8 Å². The Bertz CT molecular complexity index is 864. The van der Waals surface area contributed by atoms with E-state index in [0.29, 0.717) is 17.0 Å². The Kier molecular flexibility index (Phi) is 5.23. The molecule has 0 saturated heterocycles. The predicted molar refractivity (Wildman–Crippen MR) is 87.5 cm³/mol. The van der Waals surface area contributed by atoms with Crippen LogP contribution >= 0.6 is 0 Å². The van der Waals surface area contributed by atoms with E-state index in [1.54, 1.807) is 30.3 Å². The van der Waals surface area contributed by atoms with E-state index in [2.05, 4.69) is 10.5 Å². The first-order valence-corrected chi connectivity index (χ1v) is 7.71. The van der Waals surface area contributed by atoms with Gasteiger partial charge in [-0.3, -0.25) is 4.79 Å². The molecule has 1 amide bonds. The molecule has 0 radical (unpaired) electrons. The molecule has 0 aliphatic carbocycles. The van der Waals surface area contributed by atoms with Crippen molar-refractivity contribution in [2.24, 2.45) is 0 Å². The lowest BCUT2D eigenvalue weighted by molar-refractivity contribution is -0.120. The highest BCUT2D eigenvalue weighted by molar-refractivity contribution is 5.86. The van der Waals surface area contributed by atoms with Crippen molar-refractivity contribution in [1.82, 2.24) is 10.5 Å². The zero-order valence-electron chi connectivity index (χ0n) is 13.2. The fourth-order valence-electron chi connectivity index (χ4n) is 2.39. The number of carbonyl (C=O) groups excluding carboxylic acids is 1. The van der Waals surface area contributed by atoms with Gasteiger partial charge in [-0.25, -0.2) is 8.78 Å². The summed E-state index contributed by atoms with van der Waals surface area (Å²) in [6.07, 6.45) is -2.43. The van der Waals surface area contributed by atoms with E-state index in [4.69, 9.17) is 9.26 Å². The largest absolute Gasteiger partial charge is 0.488 e. The van der Waals surface area contributed by atoms with Gasteiger partial charge in [0.1, 0.15) is 18.1 Å². The van der Waals surface area contributed by atoms with Crippen molar-refractivity contribution in [2.75, 3.05) is 6.61 Å². The summed E-state index contributed by atoms with van der Waals surface area (Å²) in [6, 6.07) is 14.0. The molecule has 0 aliphatic heterocycles. The maximum Gasteiger partial charge on any atom is 0.272 e. The van der Waals surface area contributed by atoms with Crippen molar-refractivity contribution in [2.45, 2.75) is 19.4 Å². The minimum absolute atomic E-state index is 0.0958. The third-order valence-electron chi connectivity index (χ3n) is 3.54. The number of para-hydroxylation sites is 1. The van der Waals surface area contributed by atoms with E-state index in [9.17, 15) is 13.6 Å². The second-order valence-electron chi connectivity index (χ2n) is 5.43. The number of rotatable bonds is 7. The Labute approximate surface area is 142 Å². The van der Waals surface area contributed by atoms with Crippen molar-refractivity contribution in [3.8, 4) is 5.75 Å². The minimum Gasteiger partial charge on any atom is -0.488 e. The molecule has 3 aromatic rings. The van der Waals surface area contributed by atoms with Crippen molar-refractivity contribution < 1.29 is 22.8 Å². The molecule has 25 heavy (non-hydrogen) atoms. The number of aromatic nitrogens is 1. The second-order valence-corrected chi connectivity index (χ2v) is 5.43. The highest BCUT2D eigenvalue weighted by Gasteiger charge is 2.12. The van der Waals surface area contributed by atoms with Crippen LogP contribution in [0.4, 0.5) is 8.78 Å². The first kappa shape index (κ1) is 16.9. The van der Waals surface area contributed by atoms with Gasteiger partial charge in [-0.15, -0.1) is 0 Å². The number of ether oxygens (including phenoxy) is 1.